The number of rotatable bonds is 3. The first-order chi connectivity index (χ1) is 8.93. The summed E-state index contributed by atoms with van der Waals surface area (Å²) in [4.78, 5) is 11.1. The lowest BCUT2D eigenvalue weighted by Crippen LogP contribution is -2.35. The van der Waals surface area contributed by atoms with Crippen molar-refractivity contribution in [3.8, 4) is 0 Å². The molecule has 19 heavy (non-hydrogen) atoms. The average Bonchev–Trinajstić information content (AvgIpc) is 2.39. The third kappa shape index (κ3) is 2.79. The van der Waals surface area contributed by atoms with E-state index in [0.717, 1.165) is 19.3 Å². The highest BCUT2D eigenvalue weighted by molar-refractivity contribution is 7.89. The molecule has 104 valence electrons. The number of nitrogens with zero attached hydrogens (tertiary/aromatic N) is 1. The number of carboxylic acids is 1. The minimum atomic E-state index is -3.56. The van der Waals surface area contributed by atoms with Crippen molar-refractivity contribution < 1.29 is 18.3 Å². The predicted octanol–water partition coefficient (Wildman–Crippen LogP) is 1.87. The van der Waals surface area contributed by atoms with Gasteiger partial charge < -0.3 is 5.11 Å². The lowest BCUT2D eigenvalue weighted by molar-refractivity contribution is 0.0696. The van der Waals surface area contributed by atoms with E-state index in [2.05, 4.69) is 0 Å². The molecule has 1 N–H and O–H groups in total. The van der Waals surface area contributed by atoms with Gasteiger partial charge in [0.1, 0.15) is 0 Å². The maximum absolute atomic E-state index is 12.4. The van der Waals surface area contributed by atoms with E-state index in [4.69, 9.17) is 5.11 Å². The van der Waals surface area contributed by atoms with Gasteiger partial charge in [0.15, 0.2) is 0 Å². The molecular weight excluding hydrogens is 266 g/mol. The smallest absolute Gasteiger partial charge is 0.335 e. The Bertz CT molecular complexity index is 589. The second-order valence-corrected chi connectivity index (χ2v) is 6.68. The summed E-state index contributed by atoms with van der Waals surface area (Å²) < 4.78 is 26.2. The summed E-state index contributed by atoms with van der Waals surface area (Å²) in [5.74, 6) is -1.10. The van der Waals surface area contributed by atoms with Gasteiger partial charge in [-0.25, -0.2) is 13.2 Å². The van der Waals surface area contributed by atoms with Crippen LogP contribution in [0.4, 0.5) is 0 Å². The number of aromatic carboxylic acids is 1. The maximum atomic E-state index is 12.4. The van der Waals surface area contributed by atoms with E-state index >= 15 is 0 Å². The molecule has 1 fully saturated rings. The first kappa shape index (κ1) is 14.0. The summed E-state index contributed by atoms with van der Waals surface area (Å²) in [6.07, 6.45) is 2.76. The molecule has 0 radical (unpaired) electrons. The molecular formula is C13H17NO4S. The number of benzene rings is 1. The first-order valence-electron chi connectivity index (χ1n) is 6.27. The van der Waals surface area contributed by atoms with Crippen molar-refractivity contribution in [1.29, 1.82) is 0 Å². The molecule has 0 aromatic heterocycles. The van der Waals surface area contributed by atoms with Crippen molar-refractivity contribution in [1.82, 2.24) is 4.31 Å². The molecule has 0 atom stereocenters. The van der Waals surface area contributed by atoms with Crippen LogP contribution >= 0.6 is 0 Å². The normalized spacial score (nSPS) is 17.3. The summed E-state index contributed by atoms with van der Waals surface area (Å²) in [5.41, 5.74) is 0.600. The molecule has 0 amide bonds. The van der Waals surface area contributed by atoms with Gasteiger partial charge in [0.2, 0.25) is 10.0 Å². The molecule has 1 saturated heterocycles. The van der Waals surface area contributed by atoms with Gasteiger partial charge in [0, 0.05) is 13.1 Å². The zero-order valence-electron chi connectivity index (χ0n) is 10.8. The molecule has 0 aliphatic carbocycles. The molecule has 1 aromatic carbocycles. The molecule has 1 aliphatic heterocycles. The van der Waals surface area contributed by atoms with E-state index in [1.165, 1.54) is 16.4 Å². The van der Waals surface area contributed by atoms with Gasteiger partial charge >= 0.3 is 5.97 Å². The van der Waals surface area contributed by atoms with Gasteiger partial charge in [0.05, 0.1) is 10.5 Å². The number of carbonyl (C=O) groups is 1. The lowest BCUT2D eigenvalue weighted by Gasteiger charge is -2.26. The highest BCUT2D eigenvalue weighted by Crippen LogP contribution is 2.22. The standard InChI is InChI=1S/C13H17NO4S/c1-10-5-6-11(9-12(10)13(15)16)19(17,18)14-7-3-2-4-8-14/h5-6,9H,2-4,7-8H2,1H3,(H,15,16). The Morgan fingerprint density at radius 3 is 2.42 bits per heavy atom. The summed E-state index contributed by atoms with van der Waals surface area (Å²) in [6.45, 7) is 2.68. The molecule has 0 spiro atoms. The van der Waals surface area contributed by atoms with Gasteiger partial charge in [-0.15, -0.1) is 0 Å². The Balaban J connectivity index is 2.40. The zero-order chi connectivity index (χ0) is 14.0. The fourth-order valence-corrected chi connectivity index (χ4v) is 3.79. The fourth-order valence-electron chi connectivity index (χ4n) is 2.25. The molecule has 0 bridgehead atoms. The number of sulfonamides is 1. The molecule has 0 saturated carbocycles. The molecule has 5 nitrogen and oxygen atoms in total. The quantitative estimate of drug-likeness (QED) is 0.919. The van der Waals surface area contributed by atoms with Crippen molar-refractivity contribution in [2.75, 3.05) is 13.1 Å². The largest absolute Gasteiger partial charge is 0.478 e. The van der Waals surface area contributed by atoms with Crippen molar-refractivity contribution in [3.05, 3.63) is 29.3 Å². The van der Waals surface area contributed by atoms with Crippen molar-refractivity contribution >= 4 is 16.0 Å². The van der Waals surface area contributed by atoms with Crippen LogP contribution in [-0.2, 0) is 10.0 Å². The van der Waals surface area contributed by atoms with Crippen LogP contribution in [0.15, 0.2) is 23.1 Å². The second-order valence-electron chi connectivity index (χ2n) is 4.75. The van der Waals surface area contributed by atoms with E-state index < -0.39 is 16.0 Å². The van der Waals surface area contributed by atoms with Crippen molar-refractivity contribution in [2.24, 2.45) is 0 Å². The average molecular weight is 283 g/mol. The van der Waals surface area contributed by atoms with Crippen LogP contribution in [0.3, 0.4) is 0 Å². The van der Waals surface area contributed by atoms with Gasteiger partial charge in [-0.1, -0.05) is 12.5 Å². The molecule has 0 unspecified atom stereocenters. The third-order valence-electron chi connectivity index (χ3n) is 3.39. The number of carboxylic acid groups (broad SMARTS) is 1. The molecule has 1 heterocycles. The van der Waals surface area contributed by atoms with Crippen LogP contribution in [0.5, 0.6) is 0 Å². The predicted molar refractivity (Wildman–Crippen MR) is 70.7 cm³/mol. The molecule has 1 aromatic rings. The first-order valence-corrected chi connectivity index (χ1v) is 7.71. The number of aryl methyl sites for hydroxylation is 1. The van der Waals surface area contributed by atoms with E-state index in [1.54, 1.807) is 13.0 Å². The minimum Gasteiger partial charge on any atom is -0.478 e. The lowest BCUT2D eigenvalue weighted by atomic mass is 10.1. The minimum absolute atomic E-state index is 0.0399. The third-order valence-corrected chi connectivity index (χ3v) is 5.29. The Morgan fingerprint density at radius 1 is 1.21 bits per heavy atom. The Hall–Kier alpha value is -1.40. The highest BCUT2D eigenvalue weighted by Gasteiger charge is 2.26. The maximum Gasteiger partial charge on any atom is 0.335 e. The fraction of sp³-hybridized carbons (Fsp3) is 0.462. The number of piperidine rings is 1. The van der Waals surface area contributed by atoms with Gasteiger partial charge in [-0.3, -0.25) is 0 Å². The Morgan fingerprint density at radius 2 is 1.84 bits per heavy atom. The Kier molecular flexibility index (Phi) is 3.91. The van der Waals surface area contributed by atoms with E-state index in [0.29, 0.717) is 18.7 Å². The van der Waals surface area contributed by atoms with Gasteiger partial charge in [-0.05, 0) is 37.5 Å². The van der Waals surface area contributed by atoms with Crippen LogP contribution in [-0.4, -0.2) is 36.9 Å². The Labute approximate surface area is 112 Å². The monoisotopic (exact) mass is 283 g/mol. The van der Waals surface area contributed by atoms with E-state index in [-0.39, 0.29) is 10.5 Å². The summed E-state index contributed by atoms with van der Waals surface area (Å²) in [5, 5.41) is 9.06. The van der Waals surface area contributed by atoms with E-state index in [1.807, 2.05) is 0 Å². The summed E-state index contributed by atoms with van der Waals surface area (Å²) >= 11 is 0. The summed E-state index contributed by atoms with van der Waals surface area (Å²) in [7, 11) is -3.56. The van der Waals surface area contributed by atoms with Crippen molar-refractivity contribution in [2.45, 2.75) is 31.1 Å². The number of hydrogen-bond donors (Lipinski definition) is 1. The van der Waals surface area contributed by atoms with Crippen LogP contribution in [0, 0.1) is 6.92 Å². The second kappa shape index (κ2) is 5.30. The zero-order valence-corrected chi connectivity index (χ0v) is 11.6. The topological polar surface area (TPSA) is 74.7 Å². The van der Waals surface area contributed by atoms with Crippen LogP contribution in [0.2, 0.25) is 0 Å². The SMILES string of the molecule is Cc1ccc(S(=O)(=O)N2CCCCC2)cc1C(=O)O. The van der Waals surface area contributed by atoms with Gasteiger partial charge in [0.25, 0.3) is 0 Å². The highest BCUT2D eigenvalue weighted by atomic mass is 32.2. The van der Waals surface area contributed by atoms with Crippen LogP contribution < -0.4 is 0 Å². The van der Waals surface area contributed by atoms with Crippen LogP contribution in [0.1, 0.15) is 35.2 Å². The molecule has 1 aliphatic rings. The molecule has 6 heteroatoms. The van der Waals surface area contributed by atoms with Crippen LogP contribution in [0.25, 0.3) is 0 Å². The molecule has 2 rings (SSSR count). The number of hydrogen-bond acceptors (Lipinski definition) is 3. The summed E-state index contributed by atoms with van der Waals surface area (Å²) in [6, 6.07) is 4.27. The van der Waals surface area contributed by atoms with E-state index in [9.17, 15) is 13.2 Å². The van der Waals surface area contributed by atoms with Crippen molar-refractivity contribution in [3.63, 3.8) is 0 Å². The van der Waals surface area contributed by atoms with Gasteiger partial charge in [-0.2, -0.15) is 4.31 Å².